The topological polar surface area (TPSA) is 49.4 Å². The zero-order valence-electron chi connectivity index (χ0n) is 10.6. The van der Waals surface area contributed by atoms with Crippen LogP contribution in [0.3, 0.4) is 0 Å². The number of piperazine rings is 1. The number of hydrogen-bond donors (Lipinski definition) is 1. The van der Waals surface area contributed by atoms with E-state index in [4.69, 9.17) is 11.6 Å². The van der Waals surface area contributed by atoms with Crippen molar-refractivity contribution in [1.82, 2.24) is 5.32 Å². The molecule has 0 bridgehead atoms. The molecule has 1 fully saturated rings. The van der Waals surface area contributed by atoms with Crippen LogP contribution in [0.15, 0.2) is 22.7 Å². The molecule has 2 atom stereocenters. The molecule has 1 aliphatic rings. The van der Waals surface area contributed by atoms with Gasteiger partial charge >= 0.3 is 0 Å². The van der Waals surface area contributed by atoms with Crippen LogP contribution in [0, 0.1) is 0 Å². The number of nitrogens with one attached hydrogen (secondary N) is 1. The van der Waals surface area contributed by atoms with Gasteiger partial charge in [-0.25, -0.2) is 0 Å². The van der Waals surface area contributed by atoms with Crippen molar-refractivity contribution >= 4 is 45.0 Å². The predicted octanol–water partition coefficient (Wildman–Crippen LogP) is 2.73. The van der Waals surface area contributed by atoms with Gasteiger partial charge in [-0.05, 0) is 47.5 Å². The van der Waals surface area contributed by atoms with Crippen molar-refractivity contribution in [3.8, 4) is 0 Å². The third kappa shape index (κ3) is 2.62. The van der Waals surface area contributed by atoms with Gasteiger partial charge in [0.05, 0.1) is 5.69 Å². The predicted molar refractivity (Wildman–Crippen MR) is 78.3 cm³/mol. The van der Waals surface area contributed by atoms with Crippen molar-refractivity contribution in [2.75, 3.05) is 4.90 Å². The summed E-state index contributed by atoms with van der Waals surface area (Å²) in [6.07, 6.45) is 0.561. The molecule has 2 amide bonds. The highest BCUT2D eigenvalue weighted by Crippen LogP contribution is 2.32. The second kappa shape index (κ2) is 5.51. The first kappa shape index (κ1) is 14.3. The Balaban J connectivity index is 2.47. The number of rotatable bonds is 2. The van der Waals surface area contributed by atoms with Crippen LogP contribution in [0.5, 0.6) is 0 Å². The average molecular weight is 346 g/mol. The Bertz CT molecular complexity index is 535. The molecule has 102 valence electrons. The van der Waals surface area contributed by atoms with E-state index in [1.165, 1.54) is 4.90 Å². The van der Waals surface area contributed by atoms with Crippen molar-refractivity contribution in [3.05, 3.63) is 27.7 Å². The summed E-state index contributed by atoms with van der Waals surface area (Å²) >= 11 is 9.38. The summed E-state index contributed by atoms with van der Waals surface area (Å²) in [5.74, 6) is -0.268. The highest BCUT2D eigenvalue weighted by atomic mass is 79.9. The zero-order valence-corrected chi connectivity index (χ0v) is 13.0. The maximum absolute atomic E-state index is 12.4. The molecule has 1 heterocycles. The highest BCUT2D eigenvalue weighted by molar-refractivity contribution is 9.10. The molecule has 0 saturated carbocycles. The van der Waals surface area contributed by atoms with Crippen LogP contribution in [-0.2, 0) is 9.59 Å². The van der Waals surface area contributed by atoms with E-state index in [0.29, 0.717) is 17.1 Å². The monoisotopic (exact) mass is 344 g/mol. The number of amides is 2. The maximum atomic E-state index is 12.4. The molecule has 2 unspecified atom stereocenters. The van der Waals surface area contributed by atoms with Gasteiger partial charge in [0.15, 0.2) is 0 Å². The quantitative estimate of drug-likeness (QED) is 0.896. The summed E-state index contributed by atoms with van der Waals surface area (Å²) < 4.78 is 0.738. The first-order valence-electron chi connectivity index (χ1n) is 6.04. The van der Waals surface area contributed by atoms with E-state index in [2.05, 4.69) is 21.2 Å². The fourth-order valence-corrected chi connectivity index (χ4v) is 2.71. The second-order valence-electron chi connectivity index (χ2n) is 4.45. The van der Waals surface area contributed by atoms with Crippen LogP contribution < -0.4 is 10.2 Å². The molecule has 1 aliphatic heterocycles. The van der Waals surface area contributed by atoms with Gasteiger partial charge in [-0.2, -0.15) is 0 Å². The Labute approximate surface area is 125 Å². The first-order chi connectivity index (χ1) is 8.95. The average Bonchev–Trinajstić information content (AvgIpc) is 2.38. The summed E-state index contributed by atoms with van der Waals surface area (Å²) in [7, 11) is 0. The van der Waals surface area contributed by atoms with Crippen LogP contribution in [-0.4, -0.2) is 23.9 Å². The SMILES string of the molecule is CCC1NC(=O)C(C)N(c2cc(Cl)ccc2Br)C1=O. The van der Waals surface area contributed by atoms with E-state index in [0.717, 1.165) is 4.47 Å². The molecular weight excluding hydrogens is 332 g/mol. The normalized spacial score (nSPS) is 23.5. The fraction of sp³-hybridized carbons (Fsp3) is 0.385. The number of nitrogens with zero attached hydrogens (tertiary/aromatic N) is 1. The molecule has 2 rings (SSSR count). The molecule has 19 heavy (non-hydrogen) atoms. The number of hydrogen-bond acceptors (Lipinski definition) is 2. The Hall–Kier alpha value is -1.07. The molecule has 0 aromatic heterocycles. The number of halogens is 2. The molecule has 1 aromatic carbocycles. The highest BCUT2D eigenvalue weighted by Gasteiger charge is 2.38. The Morgan fingerprint density at radius 3 is 2.74 bits per heavy atom. The maximum Gasteiger partial charge on any atom is 0.250 e. The molecule has 1 aromatic rings. The Morgan fingerprint density at radius 2 is 2.11 bits per heavy atom. The van der Waals surface area contributed by atoms with Gasteiger partial charge in [-0.3, -0.25) is 14.5 Å². The van der Waals surface area contributed by atoms with Gasteiger partial charge in [0, 0.05) is 9.50 Å². The molecule has 1 N–H and O–H groups in total. The van der Waals surface area contributed by atoms with Gasteiger partial charge in [-0.15, -0.1) is 0 Å². The van der Waals surface area contributed by atoms with Gasteiger partial charge in [0.25, 0.3) is 0 Å². The Kier molecular flexibility index (Phi) is 4.16. The first-order valence-corrected chi connectivity index (χ1v) is 7.21. The number of benzene rings is 1. The van der Waals surface area contributed by atoms with Crippen molar-refractivity contribution in [3.63, 3.8) is 0 Å². The molecule has 4 nitrogen and oxygen atoms in total. The Morgan fingerprint density at radius 1 is 1.42 bits per heavy atom. The number of anilines is 1. The summed E-state index contributed by atoms with van der Waals surface area (Å²) in [6, 6.07) is 4.15. The summed E-state index contributed by atoms with van der Waals surface area (Å²) in [4.78, 5) is 25.9. The lowest BCUT2D eigenvalue weighted by molar-refractivity contribution is -0.133. The lowest BCUT2D eigenvalue weighted by Gasteiger charge is -2.37. The fourth-order valence-electron chi connectivity index (χ4n) is 2.10. The smallest absolute Gasteiger partial charge is 0.250 e. The molecule has 0 radical (unpaired) electrons. The van der Waals surface area contributed by atoms with E-state index in [-0.39, 0.29) is 11.8 Å². The third-order valence-corrected chi connectivity index (χ3v) is 4.10. The van der Waals surface area contributed by atoms with E-state index < -0.39 is 12.1 Å². The molecular formula is C13H14BrClN2O2. The molecule has 1 saturated heterocycles. The second-order valence-corrected chi connectivity index (χ2v) is 5.74. The molecule has 0 aliphatic carbocycles. The van der Waals surface area contributed by atoms with Gasteiger partial charge < -0.3 is 5.32 Å². The van der Waals surface area contributed by atoms with Gasteiger partial charge in [0.1, 0.15) is 12.1 Å². The van der Waals surface area contributed by atoms with E-state index >= 15 is 0 Å². The van der Waals surface area contributed by atoms with Gasteiger partial charge in [0.2, 0.25) is 11.8 Å². The molecule has 0 spiro atoms. The summed E-state index contributed by atoms with van der Waals surface area (Å²) in [5, 5.41) is 3.25. The summed E-state index contributed by atoms with van der Waals surface area (Å²) in [5.41, 5.74) is 0.623. The standard InChI is InChI=1S/C13H14BrClN2O2/c1-3-10-13(19)17(7(2)12(18)16-10)11-6-8(15)4-5-9(11)14/h4-7,10H,3H2,1-2H3,(H,16,18). The minimum atomic E-state index is -0.551. The number of carbonyl (C=O) groups is 2. The van der Waals surface area contributed by atoms with Crippen molar-refractivity contribution in [2.45, 2.75) is 32.4 Å². The third-order valence-electron chi connectivity index (χ3n) is 3.19. The van der Waals surface area contributed by atoms with Crippen LogP contribution in [0.25, 0.3) is 0 Å². The van der Waals surface area contributed by atoms with E-state index in [1.807, 2.05) is 6.92 Å². The van der Waals surface area contributed by atoms with Crippen molar-refractivity contribution in [1.29, 1.82) is 0 Å². The van der Waals surface area contributed by atoms with Crippen LogP contribution in [0.4, 0.5) is 5.69 Å². The number of carbonyl (C=O) groups excluding carboxylic acids is 2. The van der Waals surface area contributed by atoms with Crippen LogP contribution >= 0.6 is 27.5 Å². The summed E-state index contributed by atoms with van der Waals surface area (Å²) in [6.45, 7) is 3.57. The lowest BCUT2D eigenvalue weighted by Crippen LogP contribution is -2.62. The lowest BCUT2D eigenvalue weighted by atomic mass is 10.1. The minimum absolute atomic E-state index is 0.113. The largest absolute Gasteiger partial charge is 0.343 e. The zero-order chi connectivity index (χ0) is 14.2. The molecule has 6 heteroatoms. The van der Waals surface area contributed by atoms with Crippen LogP contribution in [0.1, 0.15) is 20.3 Å². The van der Waals surface area contributed by atoms with E-state index in [1.54, 1.807) is 25.1 Å². The van der Waals surface area contributed by atoms with Crippen molar-refractivity contribution < 1.29 is 9.59 Å². The van der Waals surface area contributed by atoms with Gasteiger partial charge in [-0.1, -0.05) is 18.5 Å². The minimum Gasteiger partial charge on any atom is -0.343 e. The van der Waals surface area contributed by atoms with E-state index in [9.17, 15) is 9.59 Å². The van der Waals surface area contributed by atoms with Crippen LogP contribution in [0.2, 0.25) is 5.02 Å². The van der Waals surface area contributed by atoms with Crippen molar-refractivity contribution in [2.24, 2.45) is 0 Å².